The van der Waals surface area contributed by atoms with Crippen LogP contribution in [0.5, 0.6) is 11.5 Å². The fraction of sp³-hybridized carbons (Fsp3) is 0.300. The monoisotopic (exact) mass is 388 g/mol. The molecule has 0 saturated carbocycles. The Morgan fingerprint density at radius 3 is 1.48 bits per heavy atom. The van der Waals surface area contributed by atoms with Crippen molar-refractivity contribution in [3.8, 4) is 11.5 Å². The molecule has 3 rings (SSSR count). The molecule has 0 aliphatic carbocycles. The topological polar surface area (TPSA) is 86.7 Å². The Balaban J connectivity index is 1.60. The summed E-state index contributed by atoms with van der Waals surface area (Å²) in [5.74, 6) is -1.38. The van der Waals surface area contributed by atoms with Gasteiger partial charge in [0.25, 0.3) is 0 Å². The Bertz CT molecular complexity index is 823. The van der Waals surface area contributed by atoms with E-state index in [-0.39, 0.29) is 24.3 Å². The van der Waals surface area contributed by atoms with E-state index in [1.165, 1.54) is 0 Å². The van der Waals surface area contributed by atoms with Crippen LogP contribution in [0.2, 0.25) is 0 Å². The molecular formula is C20H20O6S. The second-order valence-corrected chi connectivity index (χ2v) is 8.73. The van der Waals surface area contributed by atoms with Crippen LogP contribution in [0.15, 0.2) is 60.7 Å². The number of hydrogen-bond acceptors (Lipinski definition) is 6. The molecule has 0 amide bonds. The Morgan fingerprint density at radius 1 is 0.741 bits per heavy atom. The zero-order chi connectivity index (χ0) is 19.3. The first-order valence-corrected chi connectivity index (χ1v) is 10.5. The smallest absolute Gasteiger partial charge is 0.311 e. The summed E-state index contributed by atoms with van der Waals surface area (Å²) in [6.45, 7) is 0. The molecule has 1 fully saturated rings. The highest BCUT2D eigenvalue weighted by Gasteiger charge is 2.40. The summed E-state index contributed by atoms with van der Waals surface area (Å²) in [4.78, 5) is 24.3. The molecule has 0 N–H and O–H groups in total. The lowest BCUT2D eigenvalue weighted by molar-refractivity contribution is -0.138. The van der Waals surface area contributed by atoms with Crippen molar-refractivity contribution in [1.82, 2.24) is 0 Å². The van der Waals surface area contributed by atoms with Gasteiger partial charge in [-0.25, -0.2) is 8.42 Å². The predicted octanol–water partition coefficient (Wildman–Crippen LogP) is 2.64. The highest BCUT2D eigenvalue weighted by atomic mass is 32.2. The molecule has 1 aliphatic heterocycles. The maximum atomic E-state index is 12.2. The van der Waals surface area contributed by atoms with Crippen molar-refractivity contribution in [2.45, 2.75) is 12.8 Å². The van der Waals surface area contributed by atoms with E-state index in [0.717, 1.165) is 0 Å². The number of para-hydroxylation sites is 2. The maximum absolute atomic E-state index is 12.2. The molecule has 2 atom stereocenters. The summed E-state index contributed by atoms with van der Waals surface area (Å²) in [5, 5.41) is 0. The lowest BCUT2D eigenvalue weighted by atomic mass is 9.90. The van der Waals surface area contributed by atoms with Crippen molar-refractivity contribution in [3.05, 3.63) is 60.7 Å². The van der Waals surface area contributed by atoms with Crippen molar-refractivity contribution in [1.29, 1.82) is 0 Å². The molecule has 27 heavy (non-hydrogen) atoms. The van der Waals surface area contributed by atoms with E-state index in [1.54, 1.807) is 60.7 Å². The van der Waals surface area contributed by atoms with Crippen LogP contribution in [0.4, 0.5) is 0 Å². The van der Waals surface area contributed by atoms with Crippen LogP contribution in [0.25, 0.3) is 0 Å². The van der Waals surface area contributed by atoms with Crippen molar-refractivity contribution >= 4 is 21.8 Å². The predicted molar refractivity (Wildman–Crippen MR) is 99.0 cm³/mol. The zero-order valence-electron chi connectivity index (χ0n) is 14.6. The molecule has 142 valence electrons. The fourth-order valence-corrected chi connectivity index (χ4v) is 5.42. The van der Waals surface area contributed by atoms with Crippen LogP contribution >= 0.6 is 0 Å². The third-order valence-electron chi connectivity index (χ3n) is 4.41. The largest absolute Gasteiger partial charge is 0.427 e. The molecule has 0 bridgehead atoms. The second-order valence-electron chi connectivity index (χ2n) is 6.58. The normalized spacial score (nSPS) is 20.7. The Kier molecular flexibility index (Phi) is 5.91. The van der Waals surface area contributed by atoms with E-state index in [0.29, 0.717) is 11.5 Å². The fourth-order valence-electron chi connectivity index (χ4n) is 3.20. The Hall–Kier alpha value is -2.67. The summed E-state index contributed by atoms with van der Waals surface area (Å²) in [5.41, 5.74) is 0. The third-order valence-corrected chi connectivity index (χ3v) is 6.28. The van der Waals surface area contributed by atoms with Gasteiger partial charge in [0.05, 0.1) is 24.3 Å². The molecule has 1 heterocycles. The lowest BCUT2D eigenvalue weighted by Gasteiger charge is -2.16. The third kappa shape index (κ3) is 5.65. The number of rotatable bonds is 6. The van der Waals surface area contributed by atoms with Crippen LogP contribution in [0, 0.1) is 11.8 Å². The van der Waals surface area contributed by atoms with Gasteiger partial charge in [-0.1, -0.05) is 36.4 Å². The number of benzene rings is 2. The Morgan fingerprint density at radius 2 is 1.11 bits per heavy atom. The van der Waals surface area contributed by atoms with Crippen LogP contribution in [0.1, 0.15) is 12.8 Å². The number of esters is 2. The standard InChI is InChI=1S/C20H20O6S/c21-19(25-17-7-3-1-4-8-17)11-15-13-27(23,24)14-16(15)12-20(22)26-18-9-5-2-6-10-18/h1-10,15-16H,11-14H2/t15-,16-/m0/s1. The van der Waals surface area contributed by atoms with Gasteiger partial charge < -0.3 is 9.47 Å². The molecule has 6 nitrogen and oxygen atoms in total. The van der Waals surface area contributed by atoms with E-state index in [2.05, 4.69) is 0 Å². The molecule has 0 aromatic heterocycles. The summed E-state index contributed by atoms with van der Waals surface area (Å²) in [6, 6.07) is 17.2. The van der Waals surface area contributed by atoms with E-state index in [1.807, 2.05) is 0 Å². The molecule has 0 radical (unpaired) electrons. The van der Waals surface area contributed by atoms with Crippen molar-refractivity contribution in [3.63, 3.8) is 0 Å². The van der Waals surface area contributed by atoms with Gasteiger partial charge in [-0.2, -0.15) is 0 Å². The summed E-state index contributed by atoms with van der Waals surface area (Å²) in [6.07, 6.45) is -0.116. The van der Waals surface area contributed by atoms with Gasteiger partial charge >= 0.3 is 11.9 Å². The molecule has 0 unspecified atom stereocenters. The molecule has 2 aromatic rings. The SMILES string of the molecule is O=C(C[C@H]1CS(=O)(=O)C[C@@H]1CC(=O)Oc1ccccc1)Oc1ccccc1. The summed E-state index contributed by atoms with van der Waals surface area (Å²) >= 11 is 0. The number of hydrogen-bond donors (Lipinski definition) is 0. The van der Waals surface area contributed by atoms with E-state index in [4.69, 9.17) is 9.47 Å². The Labute approximate surface area is 158 Å². The van der Waals surface area contributed by atoms with Gasteiger partial charge in [0.2, 0.25) is 0 Å². The van der Waals surface area contributed by atoms with Gasteiger partial charge in [0.15, 0.2) is 9.84 Å². The van der Waals surface area contributed by atoms with Crippen molar-refractivity contribution < 1.29 is 27.5 Å². The number of sulfone groups is 1. The minimum absolute atomic E-state index is 0.0581. The molecule has 0 spiro atoms. The first-order valence-electron chi connectivity index (χ1n) is 8.63. The first-order chi connectivity index (χ1) is 12.9. The van der Waals surface area contributed by atoms with Gasteiger partial charge in [-0.15, -0.1) is 0 Å². The van der Waals surface area contributed by atoms with E-state index < -0.39 is 33.6 Å². The average molecular weight is 388 g/mol. The molecule has 2 aromatic carbocycles. The van der Waals surface area contributed by atoms with Crippen LogP contribution in [-0.4, -0.2) is 31.9 Å². The molecular weight excluding hydrogens is 368 g/mol. The van der Waals surface area contributed by atoms with Gasteiger partial charge in [0.1, 0.15) is 11.5 Å². The van der Waals surface area contributed by atoms with Gasteiger partial charge in [-0.05, 0) is 36.1 Å². The molecule has 1 saturated heterocycles. The minimum atomic E-state index is -3.30. The maximum Gasteiger partial charge on any atom is 0.311 e. The van der Waals surface area contributed by atoms with E-state index in [9.17, 15) is 18.0 Å². The quantitative estimate of drug-likeness (QED) is 0.559. The minimum Gasteiger partial charge on any atom is -0.427 e. The number of ether oxygens (including phenoxy) is 2. The first kappa shape index (κ1) is 19.1. The number of carbonyl (C=O) groups excluding carboxylic acids is 2. The molecule has 7 heteroatoms. The van der Waals surface area contributed by atoms with Gasteiger partial charge in [-0.3, -0.25) is 9.59 Å². The summed E-state index contributed by atoms with van der Waals surface area (Å²) in [7, 11) is -3.30. The highest BCUT2D eigenvalue weighted by Crippen LogP contribution is 2.32. The van der Waals surface area contributed by atoms with Crippen LogP contribution < -0.4 is 9.47 Å². The zero-order valence-corrected chi connectivity index (χ0v) is 15.4. The van der Waals surface area contributed by atoms with Crippen molar-refractivity contribution in [2.24, 2.45) is 11.8 Å². The average Bonchev–Trinajstić information content (AvgIpc) is 2.89. The van der Waals surface area contributed by atoms with Crippen LogP contribution in [-0.2, 0) is 19.4 Å². The van der Waals surface area contributed by atoms with Gasteiger partial charge in [0, 0.05) is 0 Å². The number of carbonyl (C=O) groups is 2. The summed E-state index contributed by atoms with van der Waals surface area (Å²) < 4.78 is 34.5. The lowest BCUT2D eigenvalue weighted by Crippen LogP contribution is -2.23. The second kappa shape index (κ2) is 8.35. The van der Waals surface area contributed by atoms with Crippen molar-refractivity contribution in [2.75, 3.05) is 11.5 Å². The van der Waals surface area contributed by atoms with E-state index >= 15 is 0 Å². The molecule has 1 aliphatic rings. The van der Waals surface area contributed by atoms with Crippen LogP contribution in [0.3, 0.4) is 0 Å². The highest BCUT2D eigenvalue weighted by molar-refractivity contribution is 7.91.